The molecule has 0 radical (unpaired) electrons. The molecule has 1 aromatic heterocycles. The topological polar surface area (TPSA) is 24.9 Å². The molecule has 1 N–H and O–H groups in total. The lowest BCUT2D eigenvalue weighted by Crippen LogP contribution is -2.36. The number of nitrogens with zero attached hydrogens (tertiary/aromatic N) is 1. The van der Waals surface area contributed by atoms with E-state index in [4.69, 9.17) is 0 Å². The molecule has 2 aromatic rings. The number of hydrogen-bond acceptors (Lipinski definition) is 2. The molecule has 1 aromatic carbocycles. The summed E-state index contributed by atoms with van der Waals surface area (Å²) < 4.78 is 0. The summed E-state index contributed by atoms with van der Waals surface area (Å²) in [6, 6.07) is 11.3. The first kappa shape index (κ1) is 14.5. The highest BCUT2D eigenvalue weighted by Crippen LogP contribution is 2.28. The van der Waals surface area contributed by atoms with Crippen molar-refractivity contribution in [2.24, 2.45) is 5.92 Å². The second-order valence-corrected chi connectivity index (χ2v) is 6.28. The number of aromatic nitrogens is 1. The lowest BCUT2D eigenvalue weighted by atomic mass is 9.83. The summed E-state index contributed by atoms with van der Waals surface area (Å²) in [6.07, 6.45) is 10.2. The Kier molecular flexibility index (Phi) is 4.87. The molecule has 3 rings (SSSR count). The van der Waals surface area contributed by atoms with Crippen LogP contribution in [0.4, 0.5) is 0 Å². The van der Waals surface area contributed by atoms with Gasteiger partial charge in [-0.3, -0.25) is 4.98 Å². The molecule has 1 fully saturated rings. The zero-order valence-corrected chi connectivity index (χ0v) is 13.0. The Morgan fingerprint density at radius 1 is 1.14 bits per heavy atom. The molecule has 1 aliphatic rings. The third-order valence-electron chi connectivity index (χ3n) is 4.95. The van der Waals surface area contributed by atoms with E-state index in [1.807, 2.05) is 6.20 Å². The molecule has 21 heavy (non-hydrogen) atoms. The van der Waals surface area contributed by atoms with E-state index in [2.05, 4.69) is 47.6 Å². The third-order valence-corrected chi connectivity index (χ3v) is 4.95. The Balaban J connectivity index is 1.70. The summed E-state index contributed by atoms with van der Waals surface area (Å²) in [5, 5.41) is 5.10. The van der Waals surface area contributed by atoms with Crippen LogP contribution in [0.2, 0.25) is 0 Å². The molecule has 0 bridgehead atoms. The van der Waals surface area contributed by atoms with Gasteiger partial charge in [-0.05, 0) is 42.9 Å². The highest BCUT2D eigenvalue weighted by molar-refractivity contribution is 5.81. The van der Waals surface area contributed by atoms with Crippen molar-refractivity contribution in [3.8, 4) is 0 Å². The van der Waals surface area contributed by atoms with Gasteiger partial charge in [0, 0.05) is 24.2 Å². The summed E-state index contributed by atoms with van der Waals surface area (Å²) >= 11 is 0. The summed E-state index contributed by atoms with van der Waals surface area (Å²) in [5.74, 6) is 0.872. The fourth-order valence-electron chi connectivity index (χ4n) is 3.73. The lowest BCUT2D eigenvalue weighted by molar-refractivity contribution is 0.262. The monoisotopic (exact) mass is 282 g/mol. The highest BCUT2D eigenvalue weighted by Gasteiger charge is 2.21. The number of rotatable bonds is 5. The molecule has 1 unspecified atom stereocenters. The van der Waals surface area contributed by atoms with Gasteiger partial charge in [0.25, 0.3) is 0 Å². The average molecular weight is 282 g/mol. The van der Waals surface area contributed by atoms with E-state index in [0.717, 1.165) is 18.0 Å². The van der Waals surface area contributed by atoms with Crippen molar-refractivity contribution >= 4 is 10.9 Å². The average Bonchev–Trinajstić information content (AvgIpc) is 2.56. The number of pyridine rings is 1. The van der Waals surface area contributed by atoms with E-state index >= 15 is 0 Å². The number of nitrogens with one attached hydrogen (secondary N) is 1. The zero-order valence-electron chi connectivity index (χ0n) is 13.0. The molecule has 2 heteroatoms. The molecule has 2 nitrogen and oxygen atoms in total. The van der Waals surface area contributed by atoms with Crippen LogP contribution in [0.25, 0.3) is 10.9 Å². The van der Waals surface area contributed by atoms with E-state index < -0.39 is 0 Å². The predicted molar refractivity (Wildman–Crippen MR) is 89.2 cm³/mol. The van der Waals surface area contributed by atoms with Crippen LogP contribution >= 0.6 is 0 Å². The maximum absolute atomic E-state index is 4.45. The van der Waals surface area contributed by atoms with Crippen LogP contribution < -0.4 is 5.32 Å². The van der Waals surface area contributed by atoms with Crippen LogP contribution in [0.1, 0.15) is 51.0 Å². The standard InChI is InChI=1S/C19H26N2/c1-2-18(15-8-4-3-5-9-15)21-14-16-12-13-20-19-11-7-6-10-17(16)19/h6-7,10-13,15,18,21H,2-5,8-9,14H2,1H3. The molecule has 1 saturated carbocycles. The first-order valence-electron chi connectivity index (χ1n) is 8.44. The molecule has 1 atom stereocenters. The minimum Gasteiger partial charge on any atom is -0.310 e. The molecule has 0 spiro atoms. The van der Waals surface area contributed by atoms with Gasteiger partial charge in [-0.25, -0.2) is 0 Å². The molecule has 0 saturated heterocycles. The SMILES string of the molecule is CCC(NCc1ccnc2ccccc12)C1CCCCC1. The summed E-state index contributed by atoms with van der Waals surface area (Å²) in [7, 11) is 0. The van der Waals surface area contributed by atoms with Crippen LogP contribution in [-0.4, -0.2) is 11.0 Å². The van der Waals surface area contributed by atoms with Crippen molar-refractivity contribution in [3.05, 3.63) is 42.1 Å². The minimum atomic E-state index is 0.664. The van der Waals surface area contributed by atoms with E-state index in [-0.39, 0.29) is 0 Å². The first-order chi connectivity index (χ1) is 10.4. The number of hydrogen-bond donors (Lipinski definition) is 1. The smallest absolute Gasteiger partial charge is 0.0705 e. The fourth-order valence-corrected chi connectivity index (χ4v) is 3.73. The van der Waals surface area contributed by atoms with Gasteiger partial charge in [0.15, 0.2) is 0 Å². The van der Waals surface area contributed by atoms with Crippen molar-refractivity contribution in [1.29, 1.82) is 0 Å². The van der Waals surface area contributed by atoms with Gasteiger partial charge < -0.3 is 5.32 Å². The van der Waals surface area contributed by atoms with Crippen molar-refractivity contribution < 1.29 is 0 Å². The van der Waals surface area contributed by atoms with Gasteiger partial charge in [0.2, 0.25) is 0 Å². The van der Waals surface area contributed by atoms with Crippen LogP contribution in [0.5, 0.6) is 0 Å². The normalized spacial score (nSPS) is 18.0. The molecule has 0 aliphatic heterocycles. The highest BCUT2D eigenvalue weighted by atomic mass is 14.9. The van der Waals surface area contributed by atoms with Gasteiger partial charge in [0.1, 0.15) is 0 Å². The predicted octanol–water partition coefficient (Wildman–Crippen LogP) is 4.68. The minimum absolute atomic E-state index is 0.664. The van der Waals surface area contributed by atoms with Crippen molar-refractivity contribution in [3.63, 3.8) is 0 Å². The third kappa shape index (κ3) is 3.44. The largest absolute Gasteiger partial charge is 0.310 e. The Hall–Kier alpha value is -1.41. The van der Waals surface area contributed by atoms with Crippen molar-refractivity contribution in [2.45, 2.75) is 58.0 Å². The van der Waals surface area contributed by atoms with Crippen LogP contribution in [0.3, 0.4) is 0 Å². The summed E-state index contributed by atoms with van der Waals surface area (Å²) in [6.45, 7) is 3.27. The molecular weight excluding hydrogens is 256 g/mol. The fraction of sp³-hybridized carbons (Fsp3) is 0.526. The molecule has 112 valence electrons. The summed E-state index contributed by atoms with van der Waals surface area (Å²) in [5.41, 5.74) is 2.47. The summed E-state index contributed by atoms with van der Waals surface area (Å²) in [4.78, 5) is 4.45. The Bertz CT molecular complexity index is 567. The quantitative estimate of drug-likeness (QED) is 0.861. The van der Waals surface area contributed by atoms with Gasteiger partial charge in [-0.15, -0.1) is 0 Å². The van der Waals surface area contributed by atoms with Gasteiger partial charge in [-0.1, -0.05) is 44.4 Å². The Morgan fingerprint density at radius 3 is 2.76 bits per heavy atom. The second-order valence-electron chi connectivity index (χ2n) is 6.28. The van der Waals surface area contributed by atoms with Crippen LogP contribution in [0, 0.1) is 5.92 Å². The molecule has 1 aliphatic carbocycles. The number of fused-ring (bicyclic) bond motifs is 1. The van der Waals surface area contributed by atoms with Gasteiger partial charge >= 0.3 is 0 Å². The Morgan fingerprint density at radius 2 is 1.95 bits per heavy atom. The maximum atomic E-state index is 4.45. The van der Waals surface area contributed by atoms with Crippen LogP contribution in [-0.2, 0) is 6.54 Å². The molecule has 1 heterocycles. The zero-order chi connectivity index (χ0) is 14.5. The number of para-hydroxylation sites is 1. The van der Waals surface area contributed by atoms with Gasteiger partial charge in [-0.2, -0.15) is 0 Å². The van der Waals surface area contributed by atoms with Crippen molar-refractivity contribution in [2.75, 3.05) is 0 Å². The lowest BCUT2D eigenvalue weighted by Gasteiger charge is -2.30. The van der Waals surface area contributed by atoms with E-state index in [1.54, 1.807) is 0 Å². The van der Waals surface area contributed by atoms with Crippen LogP contribution in [0.15, 0.2) is 36.5 Å². The van der Waals surface area contributed by atoms with E-state index in [0.29, 0.717) is 6.04 Å². The van der Waals surface area contributed by atoms with E-state index in [1.165, 1.54) is 49.5 Å². The molecule has 0 amide bonds. The second kappa shape index (κ2) is 7.04. The maximum Gasteiger partial charge on any atom is 0.0705 e. The van der Waals surface area contributed by atoms with Crippen molar-refractivity contribution in [1.82, 2.24) is 10.3 Å². The number of benzene rings is 1. The first-order valence-corrected chi connectivity index (χ1v) is 8.44. The Labute approximate surface area is 128 Å². The molecular formula is C19H26N2. The van der Waals surface area contributed by atoms with Gasteiger partial charge in [0.05, 0.1) is 5.52 Å². The van der Waals surface area contributed by atoms with E-state index in [9.17, 15) is 0 Å².